The Hall–Kier alpha value is -1.04. The summed E-state index contributed by atoms with van der Waals surface area (Å²) in [5.74, 6) is 0.611. The van der Waals surface area contributed by atoms with Gasteiger partial charge in [0.15, 0.2) is 5.82 Å². The molecule has 2 rings (SSSR count). The van der Waals surface area contributed by atoms with Gasteiger partial charge in [-0.05, 0) is 6.92 Å². The van der Waals surface area contributed by atoms with Crippen molar-refractivity contribution in [2.45, 2.75) is 18.2 Å². The van der Waals surface area contributed by atoms with Crippen molar-refractivity contribution in [3.05, 3.63) is 5.69 Å². The molecule has 1 amide bonds. The lowest BCUT2D eigenvalue weighted by Gasteiger charge is -2.12. The number of H-pyrrole nitrogens is 1. The topological polar surface area (TPSA) is 75.0 Å². The number of aromatic nitrogens is 2. The van der Waals surface area contributed by atoms with Gasteiger partial charge in [0.25, 0.3) is 0 Å². The van der Waals surface area contributed by atoms with Crippen molar-refractivity contribution in [1.82, 2.24) is 10.2 Å². The van der Waals surface area contributed by atoms with E-state index in [2.05, 4.69) is 26.1 Å². The monoisotopic (exact) mass is 258 g/mol. The number of halogens is 1. The maximum absolute atomic E-state index is 11.5. The molecule has 1 unspecified atom stereocenters. The Morgan fingerprint density at radius 3 is 2.86 bits per heavy atom. The van der Waals surface area contributed by atoms with Gasteiger partial charge in [-0.2, -0.15) is 5.10 Å². The summed E-state index contributed by atoms with van der Waals surface area (Å²) in [6.45, 7) is 2.46. The predicted molar refractivity (Wildman–Crippen MR) is 57.4 cm³/mol. The Morgan fingerprint density at radius 2 is 2.43 bits per heavy atom. The number of hydrogen-bond acceptors (Lipinski definition) is 3. The minimum Gasteiger partial charge on any atom is -0.394 e. The molecular formula is C8H11BrN4O. The average Bonchev–Trinajstić information content (AvgIpc) is 2.59. The molecule has 6 heteroatoms. The van der Waals surface area contributed by atoms with Gasteiger partial charge < -0.3 is 5.73 Å². The molecule has 0 aromatic carbocycles. The number of hydrogen-bond donors (Lipinski definition) is 2. The summed E-state index contributed by atoms with van der Waals surface area (Å²) < 4.78 is 0. The smallest absolute Gasteiger partial charge is 0.229 e. The van der Waals surface area contributed by atoms with Crippen molar-refractivity contribution >= 4 is 33.3 Å². The first kappa shape index (κ1) is 9.51. The fraction of sp³-hybridized carbons (Fsp3) is 0.500. The van der Waals surface area contributed by atoms with Crippen LogP contribution in [0.5, 0.6) is 0 Å². The van der Waals surface area contributed by atoms with Crippen LogP contribution in [0.25, 0.3) is 0 Å². The first-order valence-electron chi connectivity index (χ1n) is 4.34. The van der Waals surface area contributed by atoms with Crippen molar-refractivity contribution in [2.75, 3.05) is 17.2 Å². The Labute approximate surface area is 89.8 Å². The van der Waals surface area contributed by atoms with Crippen molar-refractivity contribution in [2.24, 2.45) is 0 Å². The summed E-state index contributed by atoms with van der Waals surface area (Å²) in [5.41, 5.74) is 7.14. The number of aromatic amines is 1. The second-order valence-corrected chi connectivity index (χ2v) is 4.69. The van der Waals surface area contributed by atoms with Gasteiger partial charge in [-0.1, -0.05) is 15.9 Å². The molecule has 5 nitrogen and oxygen atoms in total. The molecule has 1 aromatic heterocycles. The van der Waals surface area contributed by atoms with Crippen LogP contribution in [0.2, 0.25) is 0 Å². The molecule has 1 aliphatic rings. The molecule has 0 bridgehead atoms. The van der Waals surface area contributed by atoms with Crippen LogP contribution in [0, 0.1) is 6.92 Å². The number of nitrogens with zero attached hydrogens (tertiary/aromatic N) is 2. The van der Waals surface area contributed by atoms with E-state index in [4.69, 9.17) is 5.73 Å². The summed E-state index contributed by atoms with van der Waals surface area (Å²) in [7, 11) is 0. The number of rotatable bonds is 1. The van der Waals surface area contributed by atoms with Gasteiger partial charge in [-0.15, -0.1) is 0 Å². The van der Waals surface area contributed by atoms with Crippen LogP contribution >= 0.6 is 15.9 Å². The average molecular weight is 259 g/mol. The van der Waals surface area contributed by atoms with Gasteiger partial charge in [0.1, 0.15) is 0 Å². The second-order valence-electron chi connectivity index (χ2n) is 3.39. The molecule has 0 radical (unpaired) electrons. The largest absolute Gasteiger partial charge is 0.394 e. The number of alkyl halides is 1. The Morgan fingerprint density at radius 1 is 1.71 bits per heavy atom. The Kier molecular flexibility index (Phi) is 2.22. The van der Waals surface area contributed by atoms with Gasteiger partial charge >= 0.3 is 0 Å². The van der Waals surface area contributed by atoms with Crippen LogP contribution in [0.1, 0.15) is 12.1 Å². The van der Waals surface area contributed by atoms with Crippen LogP contribution in [-0.2, 0) is 4.79 Å². The van der Waals surface area contributed by atoms with Crippen molar-refractivity contribution < 1.29 is 4.79 Å². The summed E-state index contributed by atoms with van der Waals surface area (Å²) in [6, 6.07) is 0. The highest BCUT2D eigenvalue weighted by Crippen LogP contribution is 2.29. The van der Waals surface area contributed by atoms with Crippen LogP contribution in [0.15, 0.2) is 0 Å². The lowest BCUT2D eigenvalue weighted by Crippen LogP contribution is -2.25. The van der Waals surface area contributed by atoms with Crippen LogP contribution < -0.4 is 10.6 Å². The first-order chi connectivity index (χ1) is 6.59. The number of carbonyl (C=O) groups is 1. The van der Waals surface area contributed by atoms with E-state index in [1.54, 1.807) is 4.90 Å². The molecule has 1 atom stereocenters. The van der Waals surface area contributed by atoms with Gasteiger partial charge in [0.2, 0.25) is 5.91 Å². The highest BCUT2D eigenvalue weighted by atomic mass is 79.9. The maximum atomic E-state index is 11.5. The zero-order chi connectivity index (χ0) is 10.3. The number of aryl methyl sites for hydroxylation is 1. The minimum atomic E-state index is 0.0603. The van der Waals surface area contributed by atoms with Crippen LogP contribution in [0.4, 0.5) is 11.5 Å². The molecule has 0 saturated carbocycles. The molecule has 1 fully saturated rings. The highest BCUT2D eigenvalue weighted by molar-refractivity contribution is 9.09. The van der Waals surface area contributed by atoms with E-state index in [0.29, 0.717) is 24.5 Å². The van der Waals surface area contributed by atoms with Crippen molar-refractivity contribution in [3.63, 3.8) is 0 Å². The van der Waals surface area contributed by atoms with E-state index >= 15 is 0 Å². The molecule has 1 aromatic rings. The summed E-state index contributed by atoms with van der Waals surface area (Å²) >= 11 is 3.41. The fourth-order valence-corrected chi connectivity index (χ4v) is 2.07. The van der Waals surface area contributed by atoms with Crippen LogP contribution in [0.3, 0.4) is 0 Å². The molecule has 0 spiro atoms. The molecule has 2 heterocycles. The van der Waals surface area contributed by atoms with Crippen molar-refractivity contribution in [3.8, 4) is 0 Å². The number of nitrogens with one attached hydrogen (secondary N) is 1. The number of carbonyl (C=O) groups excluding carboxylic acids is 1. The minimum absolute atomic E-state index is 0.0603. The normalized spacial score (nSPS) is 22.0. The maximum Gasteiger partial charge on any atom is 0.229 e. The number of amides is 1. The van der Waals surface area contributed by atoms with E-state index in [9.17, 15) is 4.79 Å². The molecule has 1 saturated heterocycles. The first-order valence-corrected chi connectivity index (χ1v) is 5.26. The van der Waals surface area contributed by atoms with Crippen LogP contribution in [-0.4, -0.2) is 27.5 Å². The zero-order valence-corrected chi connectivity index (χ0v) is 9.34. The summed E-state index contributed by atoms with van der Waals surface area (Å²) in [4.78, 5) is 13.3. The van der Waals surface area contributed by atoms with E-state index in [0.717, 1.165) is 5.69 Å². The molecule has 76 valence electrons. The quantitative estimate of drug-likeness (QED) is 0.732. The van der Waals surface area contributed by atoms with E-state index in [1.807, 2.05) is 6.92 Å². The third kappa shape index (κ3) is 1.39. The molecule has 14 heavy (non-hydrogen) atoms. The fourth-order valence-electron chi connectivity index (χ4n) is 1.50. The second kappa shape index (κ2) is 3.27. The molecule has 0 aliphatic carbocycles. The number of nitrogen functional groups attached to an aromatic ring is 1. The predicted octanol–water partition coefficient (Wildman–Crippen LogP) is 0.801. The summed E-state index contributed by atoms with van der Waals surface area (Å²) in [5, 5.41) is 6.78. The Bertz CT molecular complexity index is 375. The van der Waals surface area contributed by atoms with Gasteiger partial charge in [0, 0.05) is 17.8 Å². The van der Waals surface area contributed by atoms with E-state index in [1.165, 1.54) is 0 Å². The molecule has 1 aliphatic heterocycles. The Balaban J connectivity index is 2.32. The van der Waals surface area contributed by atoms with Gasteiger partial charge in [-0.25, -0.2) is 0 Å². The lowest BCUT2D eigenvalue weighted by atomic mass is 10.4. The highest BCUT2D eigenvalue weighted by Gasteiger charge is 2.31. The van der Waals surface area contributed by atoms with E-state index < -0.39 is 0 Å². The van der Waals surface area contributed by atoms with Crippen molar-refractivity contribution in [1.29, 1.82) is 0 Å². The van der Waals surface area contributed by atoms with E-state index in [-0.39, 0.29) is 10.7 Å². The zero-order valence-electron chi connectivity index (χ0n) is 7.75. The number of nitrogens with two attached hydrogens (primary N) is 1. The summed E-state index contributed by atoms with van der Waals surface area (Å²) in [6.07, 6.45) is 0.505. The molecule has 3 N–H and O–H groups in total. The third-order valence-corrected chi connectivity index (χ3v) is 2.92. The third-order valence-electron chi connectivity index (χ3n) is 2.31. The van der Waals surface area contributed by atoms with Gasteiger partial charge in [-0.3, -0.25) is 14.8 Å². The molecular weight excluding hydrogens is 248 g/mol. The van der Waals surface area contributed by atoms with Gasteiger partial charge in [0.05, 0.1) is 11.4 Å². The lowest BCUT2D eigenvalue weighted by molar-refractivity contribution is -0.117. The standard InChI is InChI=1S/C8H11BrN4O/c1-4-7(10)8(12-11-4)13-3-5(9)2-6(13)14/h5H,2-3,10H2,1H3,(H,11,12). The number of anilines is 2. The SMILES string of the molecule is Cc1[nH]nc(N2CC(Br)CC2=O)c1N.